The number of halogens is 1. The second kappa shape index (κ2) is 5.74. The Balaban J connectivity index is 1.71. The number of aromatic nitrogens is 2. The molecule has 1 aliphatic rings. The summed E-state index contributed by atoms with van der Waals surface area (Å²) in [5.41, 5.74) is 3.98. The van der Waals surface area contributed by atoms with Gasteiger partial charge in [0, 0.05) is 17.2 Å². The zero-order valence-electron chi connectivity index (χ0n) is 13.6. The number of rotatable bonds is 1. The van der Waals surface area contributed by atoms with Crippen LogP contribution in [-0.4, -0.2) is 27.0 Å². The summed E-state index contributed by atoms with van der Waals surface area (Å²) in [7, 11) is 0. The van der Waals surface area contributed by atoms with Crippen molar-refractivity contribution in [2.24, 2.45) is 0 Å². The molecule has 2 atom stereocenters. The smallest absolute Gasteiger partial charge is 0.274 e. The van der Waals surface area contributed by atoms with E-state index in [1.54, 1.807) is 4.52 Å². The number of hydrogen-bond acceptors (Lipinski definition) is 2. The van der Waals surface area contributed by atoms with Crippen molar-refractivity contribution in [1.82, 2.24) is 14.5 Å². The fourth-order valence-corrected chi connectivity index (χ4v) is 3.86. The van der Waals surface area contributed by atoms with Crippen LogP contribution >= 0.6 is 15.9 Å². The van der Waals surface area contributed by atoms with Crippen molar-refractivity contribution in [2.45, 2.75) is 25.8 Å². The highest BCUT2D eigenvalue weighted by atomic mass is 79.9. The van der Waals surface area contributed by atoms with E-state index in [9.17, 15) is 4.79 Å². The normalized spacial score (nSPS) is 20.2. The van der Waals surface area contributed by atoms with E-state index in [-0.39, 0.29) is 11.9 Å². The van der Waals surface area contributed by atoms with Crippen LogP contribution in [0.5, 0.6) is 0 Å². The lowest BCUT2D eigenvalue weighted by Crippen LogP contribution is -2.40. The largest absolute Gasteiger partial charge is 0.330 e. The average Bonchev–Trinajstić information content (AvgIpc) is 3.00. The Kier molecular flexibility index (Phi) is 3.68. The predicted octanol–water partition coefficient (Wildman–Crippen LogP) is 4.42. The molecule has 0 spiro atoms. The summed E-state index contributed by atoms with van der Waals surface area (Å²) in [5, 5.41) is 4.46. The predicted molar refractivity (Wildman–Crippen MR) is 97.2 cm³/mol. The molecule has 2 aromatic heterocycles. The van der Waals surface area contributed by atoms with E-state index >= 15 is 0 Å². The number of pyridine rings is 1. The molecule has 0 bridgehead atoms. The lowest BCUT2D eigenvalue weighted by atomic mass is 9.86. The fraction of sp³-hybridized carbons (Fsp3) is 0.263. The minimum Gasteiger partial charge on any atom is -0.330 e. The lowest BCUT2D eigenvalue weighted by molar-refractivity contribution is 0.0653. The maximum absolute atomic E-state index is 13.1. The van der Waals surface area contributed by atoms with E-state index < -0.39 is 0 Å². The number of carbonyl (C=O) groups excluding carboxylic acids is 1. The third-order valence-electron chi connectivity index (χ3n) is 4.82. The highest BCUT2D eigenvalue weighted by Gasteiger charge is 2.32. The van der Waals surface area contributed by atoms with Gasteiger partial charge in [0.25, 0.3) is 5.91 Å². The molecule has 0 saturated heterocycles. The summed E-state index contributed by atoms with van der Waals surface area (Å²) >= 11 is 3.43. The van der Waals surface area contributed by atoms with E-state index in [2.05, 4.69) is 53.1 Å². The Bertz CT molecular complexity index is 933. The summed E-state index contributed by atoms with van der Waals surface area (Å²) in [5.74, 6) is 0.316. The molecule has 1 aliphatic heterocycles. The first-order valence-electron chi connectivity index (χ1n) is 8.09. The second-order valence-corrected chi connectivity index (χ2v) is 7.33. The molecule has 0 unspecified atom stereocenters. The third-order valence-corrected chi connectivity index (χ3v) is 5.29. The highest BCUT2D eigenvalue weighted by Crippen LogP contribution is 2.36. The fourth-order valence-electron chi connectivity index (χ4n) is 3.53. The molecular formula is C19H18BrN3O. The molecule has 4 rings (SSSR count). The van der Waals surface area contributed by atoms with Gasteiger partial charge >= 0.3 is 0 Å². The quantitative estimate of drug-likeness (QED) is 0.623. The van der Waals surface area contributed by atoms with E-state index in [1.165, 1.54) is 11.1 Å². The first-order valence-corrected chi connectivity index (χ1v) is 8.88. The topological polar surface area (TPSA) is 37.6 Å². The molecule has 1 amide bonds. The van der Waals surface area contributed by atoms with Crippen LogP contribution in [0.1, 0.15) is 47.4 Å². The molecule has 0 N–H and O–H groups in total. The molecule has 4 nitrogen and oxygen atoms in total. The highest BCUT2D eigenvalue weighted by molar-refractivity contribution is 9.10. The molecule has 1 aromatic carbocycles. The molecule has 0 fully saturated rings. The SMILES string of the molecule is C[C@@H]1c2ccccc2[C@@H](C)CN1C(=O)c1cc2ccc(Br)cn2n1. The van der Waals surface area contributed by atoms with E-state index in [1.807, 2.05) is 35.4 Å². The second-order valence-electron chi connectivity index (χ2n) is 6.41. The van der Waals surface area contributed by atoms with Crippen molar-refractivity contribution >= 4 is 27.4 Å². The minimum atomic E-state index is -0.0105. The molecule has 0 radical (unpaired) electrons. The maximum atomic E-state index is 13.1. The van der Waals surface area contributed by atoms with Gasteiger partial charge in [-0.1, -0.05) is 31.2 Å². The Morgan fingerprint density at radius 2 is 1.92 bits per heavy atom. The maximum Gasteiger partial charge on any atom is 0.274 e. The molecule has 3 aromatic rings. The van der Waals surface area contributed by atoms with Gasteiger partial charge in [0.1, 0.15) is 0 Å². The first kappa shape index (κ1) is 15.4. The summed E-state index contributed by atoms with van der Waals surface area (Å²) in [6.07, 6.45) is 1.86. The summed E-state index contributed by atoms with van der Waals surface area (Å²) in [6, 6.07) is 14.2. The van der Waals surface area contributed by atoms with Gasteiger partial charge in [-0.15, -0.1) is 0 Å². The zero-order valence-corrected chi connectivity index (χ0v) is 15.2. The van der Waals surface area contributed by atoms with Crippen molar-refractivity contribution in [3.8, 4) is 0 Å². The lowest BCUT2D eigenvalue weighted by Gasteiger charge is -2.38. The van der Waals surface area contributed by atoms with Crippen LogP contribution in [0.2, 0.25) is 0 Å². The van der Waals surface area contributed by atoms with Gasteiger partial charge in [0.05, 0.1) is 11.6 Å². The molecule has 5 heteroatoms. The van der Waals surface area contributed by atoms with Crippen LogP contribution in [0.3, 0.4) is 0 Å². The van der Waals surface area contributed by atoms with E-state index in [0.717, 1.165) is 9.99 Å². The van der Waals surface area contributed by atoms with Gasteiger partial charge in [0.2, 0.25) is 0 Å². The van der Waals surface area contributed by atoms with Crippen LogP contribution in [-0.2, 0) is 0 Å². The third kappa shape index (κ3) is 2.44. The zero-order chi connectivity index (χ0) is 16.8. The number of benzene rings is 1. The average molecular weight is 384 g/mol. The Morgan fingerprint density at radius 3 is 2.71 bits per heavy atom. The number of fused-ring (bicyclic) bond motifs is 2. The summed E-state index contributed by atoms with van der Waals surface area (Å²) in [4.78, 5) is 15.0. The van der Waals surface area contributed by atoms with Crippen molar-refractivity contribution in [3.63, 3.8) is 0 Å². The molecule has 0 saturated carbocycles. The van der Waals surface area contributed by atoms with Crippen LogP contribution in [0.15, 0.2) is 53.1 Å². The standard InChI is InChI=1S/C19H18BrN3O/c1-12-10-22(13(2)17-6-4-3-5-16(12)17)19(24)18-9-15-8-7-14(20)11-23(15)21-18/h3-9,11-13H,10H2,1-2H3/t12-,13+/m0/s1. The van der Waals surface area contributed by atoms with Gasteiger partial charge in [-0.2, -0.15) is 5.10 Å². The van der Waals surface area contributed by atoms with Crippen molar-refractivity contribution in [3.05, 3.63) is 70.0 Å². The van der Waals surface area contributed by atoms with Gasteiger partial charge in [0.15, 0.2) is 5.69 Å². The summed E-state index contributed by atoms with van der Waals surface area (Å²) in [6.45, 7) is 4.98. The Labute approximate surface area is 149 Å². The first-order chi connectivity index (χ1) is 11.5. The van der Waals surface area contributed by atoms with Crippen molar-refractivity contribution < 1.29 is 4.79 Å². The monoisotopic (exact) mass is 383 g/mol. The number of nitrogens with zero attached hydrogens (tertiary/aromatic N) is 3. The van der Waals surface area contributed by atoms with Crippen LogP contribution in [0, 0.1) is 0 Å². The van der Waals surface area contributed by atoms with Gasteiger partial charge in [-0.25, -0.2) is 4.52 Å². The molecule has 24 heavy (non-hydrogen) atoms. The molecule has 122 valence electrons. The van der Waals surface area contributed by atoms with E-state index in [4.69, 9.17) is 0 Å². The number of carbonyl (C=O) groups is 1. The van der Waals surface area contributed by atoms with Gasteiger partial charge in [-0.05, 0) is 58.1 Å². The van der Waals surface area contributed by atoms with Crippen molar-refractivity contribution in [2.75, 3.05) is 6.54 Å². The van der Waals surface area contributed by atoms with Crippen LogP contribution in [0.25, 0.3) is 5.52 Å². The van der Waals surface area contributed by atoms with Gasteiger partial charge < -0.3 is 4.90 Å². The molecule has 0 aliphatic carbocycles. The van der Waals surface area contributed by atoms with Crippen LogP contribution in [0.4, 0.5) is 0 Å². The molecule has 3 heterocycles. The van der Waals surface area contributed by atoms with Crippen LogP contribution < -0.4 is 0 Å². The minimum absolute atomic E-state index is 0.0105. The van der Waals surface area contributed by atoms with Crippen molar-refractivity contribution in [1.29, 1.82) is 0 Å². The Hall–Kier alpha value is -2.14. The summed E-state index contributed by atoms with van der Waals surface area (Å²) < 4.78 is 2.68. The molecular weight excluding hydrogens is 366 g/mol. The van der Waals surface area contributed by atoms with Gasteiger partial charge in [-0.3, -0.25) is 4.79 Å². The van der Waals surface area contributed by atoms with E-state index in [0.29, 0.717) is 18.2 Å². The number of amides is 1. The Morgan fingerprint density at radius 1 is 1.17 bits per heavy atom. The number of hydrogen-bond donors (Lipinski definition) is 0.